The summed E-state index contributed by atoms with van der Waals surface area (Å²) in [7, 11) is 0. The monoisotopic (exact) mass is 424 g/mol. The number of nitro groups is 1. The number of halogens is 3. The molecule has 1 saturated carbocycles. The predicted molar refractivity (Wildman–Crippen MR) is 97.6 cm³/mol. The predicted octanol–water partition coefficient (Wildman–Crippen LogP) is 4.77. The van der Waals surface area contributed by atoms with Crippen LogP contribution >= 0.6 is 11.8 Å². The first kappa shape index (κ1) is 20.9. The number of alkyl halides is 3. The van der Waals surface area contributed by atoms with Crippen LogP contribution in [-0.2, 0) is 6.18 Å². The van der Waals surface area contributed by atoms with E-state index in [1.165, 1.54) is 0 Å². The Hall–Kier alpha value is -2.87. The van der Waals surface area contributed by atoms with Crippen LogP contribution in [0.25, 0.3) is 0 Å². The number of nitrogens with one attached hydrogen (secondary N) is 1. The lowest BCUT2D eigenvalue weighted by molar-refractivity contribution is -0.388. The zero-order valence-electron chi connectivity index (χ0n) is 15.0. The summed E-state index contributed by atoms with van der Waals surface area (Å²) in [6.07, 6.45) is -0.233. The van der Waals surface area contributed by atoms with Gasteiger partial charge in [-0.2, -0.15) is 18.4 Å². The van der Waals surface area contributed by atoms with E-state index in [0.717, 1.165) is 44.2 Å². The molecule has 0 radical (unpaired) electrons. The summed E-state index contributed by atoms with van der Waals surface area (Å²) in [5.74, 6) is -0.0670. The van der Waals surface area contributed by atoms with E-state index in [0.29, 0.717) is 23.5 Å². The highest BCUT2D eigenvalue weighted by molar-refractivity contribution is 7.99. The van der Waals surface area contributed by atoms with E-state index in [4.69, 9.17) is 0 Å². The van der Waals surface area contributed by atoms with Gasteiger partial charge < -0.3 is 4.98 Å². The molecular formula is C18H15F3N4O3S. The molecule has 1 aliphatic rings. The summed E-state index contributed by atoms with van der Waals surface area (Å²) >= 11 is 0.688. The zero-order chi connectivity index (χ0) is 21.2. The SMILES string of the molecule is N#Cc1c(C2CCCCC2)nc(Sc2ccc(C(F)(F)F)cc2[N+](=O)[O-])[nH]c1=O. The van der Waals surface area contributed by atoms with Crippen molar-refractivity contribution in [1.29, 1.82) is 5.26 Å². The Morgan fingerprint density at radius 1 is 1.28 bits per heavy atom. The fraction of sp³-hybridized carbons (Fsp3) is 0.389. The van der Waals surface area contributed by atoms with Gasteiger partial charge in [0, 0.05) is 12.0 Å². The summed E-state index contributed by atoms with van der Waals surface area (Å²) < 4.78 is 38.6. The lowest BCUT2D eigenvalue weighted by atomic mass is 9.85. The highest BCUT2D eigenvalue weighted by Gasteiger charge is 2.33. The number of nitriles is 1. The molecule has 7 nitrogen and oxygen atoms in total. The van der Waals surface area contributed by atoms with Crippen LogP contribution < -0.4 is 5.56 Å². The Labute approximate surface area is 167 Å². The smallest absolute Gasteiger partial charge is 0.300 e. The van der Waals surface area contributed by atoms with Crippen LogP contribution in [0.4, 0.5) is 18.9 Å². The van der Waals surface area contributed by atoms with Gasteiger partial charge in [-0.15, -0.1) is 0 Å². The molecule has 1 aromatic heterocycles. The number of nitrogens with zero attached hydrogens (tertiary/aromatic N) is 3. The summed E-state index contributed by atoms with van der Waals surface area (Å²) in [5, 5.41) is 20.6. The number of H-pyrrole nitrogens is 1. The minimum Gasteiger partial charge on any atom is -0.300 e. The van der Waals surface area contributed by atoms with Gasteiger partial charge in [-0.3, -0.25) is 14.9 Å². The minimum absolute atomic E-state index is 0.00238. The van der Waals surface area contributed by atoms with E-state index in [1.54, 1.807) is 0 Å². The van der Waals surface area contributed by atoms with Crippen molar-refractivity contribution in [3.05, 3.63) is 55.5 Å². The van der Waals surface area contributed by atoms with Crippen LogP contribution in [0.3, 0.4) is 0 Å². The fourth-order valence-electron chi connectivity index (χ4n) is 3.32. The summed E-state index contributed by atoms with van der Waals surface area (Å²) in [5.41, 5.74) is -2.30. The first-order valence-corrected chi connectivity index (χ1v) is 9.60. The van der Waals surface area contributed by atoms with E-state index in [9.17, 15) is 33.3 Å². The van der Waals surface area contributed by atoms with Gasteiger partial charge in [0.15, 0.2) is 5.16 Å². The van der Waals surface area contributed by atoms with E-state index < -0.39 is 27.9 Å². The Bertz CT molecular complexity index is 1040. The van der Waals surface area contributed by atoms with Gasteiger partial charge in [-0.05, 0) is 36.7 Å². The van der Waals surface area contributed by atoms with Crippen LogP contribution in [0.2, 0.25) is 0 Å². The molecule has 1 aliphatic carbocycles. The zero-order valence-corrected chi connectivity index (χ0v) is 15.8. The number of aromatic nitrogens is 2. The molecule has 0 atom stereocenters. The number of nitro benzene ring substituents is 1. The number of benzene rings is 1. The first-order valence-electron chi connectivity index (χ1n) is 8.78. The molecule has 3 rings (SSSR count). The van der Waals surface area contributed by atoms with Crippen molar-refractivity contribution >= 4 is 17.4 Å². The van der Waals surface area contributed by atoms with Crippen LogP contribution in [-0.4, -0.2) is 14.9 Å². The maximum absolute atomic E-state index is 12.9. The fourth-order valence-corrected chi connectivity index (χ4v) is 4.19. The molecule has 1 heterocycles. The molecule has 0 saturated heterocycles. The van der Waals surface area contributed by atoms with Gasteiger partial charge in [-0.1, -0.05) is 19.3 Å². The Balaban J connectivity index is 2.02. The summed E-state index contributed by atoms with van der Waals surface area (Å²) in [4.78, 5) is 29.3. The number of hydrogen-bond donors (Lipinski definition) is 1. The third kappa shape index (κ3) is 4.59. The maximum Gasteiger partial charge on any atom is 0.416 e. The molecule has 29 heavy (non-hydrogen) atoms. The van der Waals surface area contributed by atoms with Crippen molar-refractivity contribution in [2.24, 2.45) is 0 Å². The van der Waals surface area contributed by atoms with Crippen molar-refractivity contribution in [2.45, 2.75) is 54.3 Å². The molecule has 0 unspecified atom stereocenters. The topological polar surface area (TPSA) is 113 Å². The van der Waals surface area contributed by atoms with Gasteiger partial charge in [-0.25, -0.2) is 4.98 Å². The third-order valence-corrected chi connectivity index (χ3v) is 5.67. The first-order chi connectivity index (χ1) is 13.7. The average molecular weight is 424 g/mol. The Morgan fingerprint density at radius 2 is 1.97 bits per heavy atom. The number of aromatic amines is 1. The van der Waals surface area contributed by atoms with Crippen molar-refractivity contribution in [3.63, 3.8) is 0 Å². The van der Waals surface area contributed by atoms with E-state index in [1.807, 2.05) is 6.07 Å². The normalized spacial score (nSPS) is 15.1. The molecule has 0 spiro atoms. The van der Waals surface area contributed by atoms with Gasteiger partial charge >= 0.3 is 6.18 Å². The lowest BCUT2D eigenvalue weighted by Crippen LogP contribution is -2.20. The summed E-state index contributed by atoms with van der Waals surface area (Å²) in [6, 6.07) is 4.02. The van der Waals surface area contributed by atoms with E-state index >= 15 is 0 Å². The van der Waals surface area contributed by atoms with Crippen molar-refractivity contribution < 1.29 is 18.1 Å². The average Bonchev–Trinajstić information content (AvgIpc) is 2.67. The third-order valence-electron chi connectivity index (χ3n) is 4.72. The van der Waals surface area contributed by atoms with E-state index in [2.05, 4.69) is 9.97 Å². The van der Waals surface area contributed by atoms with Gasteiger partial charge in [0.1, 0.15) is 11.6 Å². The Morgan fingerprint density at radius 3 is 2.55 bits per heavy atom. The molecule has 0 amide bonds. The molecule has 2 aromatic rings. The van der Waals surface area contributed by atoms with Crippen LogP contribution in [0.15, 0.2) is 33.0 Å². The summed E-state index contributed by atoms with van der Waals surface area (Å²) in [6.45, 7) is 0. The standard InChI is InChI=1S/C18H15F3N4O3S/c19-18(20,21)11-6-7-14(13(8-11)25(27)28)29-17-23-15(10-4-2-1-3-5-10)12(9-22)16(26)24-17/h6-8,10H,1-5H2,(H,23,24,26). The maximum atomic E-state index is 12.9. The van der Waals surface area contributed by atoms with Crippen molar-refractivity contribution in [1.82, 2.24) is 9.97 Å². The molecule has 1 fully saturated rings. The quantitative estimate of drug-likeness (QED) is 0.430. The molecule has 152 valence electrons. The minimum atomic E-state index is -4.72. The van der Waals surface area contributed by atoms with E-state index in [-0.39, 0.29) is 21.5 Å². The van der Waals surface area contributed by atoms with Crippen LogP contribution in [0, 0.1) is 21.4 Å². The van der Waals surface area contributed by atoms with Gasteiger partial charge in [0.2, 0.25) is 0 Å². The highest BCUT2D eigenvalue weighted by Crippen LogP contribution is 2.39. The molecule has 1 N–H and O–H groups in total. The largest absolute Gasteiger partial charge is 0.416 e. The number of hydrogen-bond acceptors (Lipinski definition) is 6. The van der Waals surface area contributed by atoms with Crippen LogP contribution in [0.5, 0.6) is 0 Å². The molecule has 0 bridgehead atoms. The van der Waals surface area contributed by atoms with Crippen LogP contribution in [0.1, 0.15) is 54.8 Å². The molecule has 0 aliphatic heterocycles. The highest BCUT2D eigenvalue weighted by atomic mass is 32.2. The van der Waals surface area contributed by atoms with Crippen molar-refractivity contribution in [3.8, 4) is 6.07 Å². The van der Waals surface area contributed by atoms with Gasteiger partial charge in [0.25, 0.3) is 11.2 Å². The van der Waals surface area contributed by atoms with Crippen molar-refractivity contribution in [2.75, 3.05) is 0 Å². The molecule has 11 heteroatoms. The Kier molecular flexibility index (Phi) is 5.93. The van der Waals surface area contributed by atoms with Gasteiger partial charge in [0.05, 0.1) is 21.1 Å². The lowest BCUT2D eigenvalue weighted by Gasteiger charge is -2.21. The number of rotatable bonds is 4. The molecular weight excluding hydrogens is 409 g/mol. The second kappa shape index (κ2) is 8.24. The molecule has 1 aromatic carbocycles. The second-order valence-electron chi connectivity index (χ2n) is 6.62. The second-order valence-corrected chi connectivity index (χ2v) is 7.65.